The molecule has 0 aliphatic carbocycles. The Bertz CT molecular complexity index is 422. The van der Waals surface area contributed by atoms with Crippen molar-refractivity contribution >= 4 is 11.8 Å². The van der Waals surface area contributed by atoms with Gasteiger partial charge in [0.15, 0.2) is 0 Å². The summed E-state index contributed by atoms with van der Waals surface area (Å²) in [5, 5.41) is 0. The Morgan fingerprint density at radius 1 is 1.41 bits per heavy atom. The smallest absolute Gasteiger partial charge is 0.205 e. The lowest BCUT2D eigenvalue weighted by Crippen LogP contribution is -1.88. The molecule has 0 nitrogen and oxygen atoms in total. The van der Waals surface area contributed by atoms with Crippen LogP contribution in [0.2, 0.25) is 0 Å². The SMILES string of the molecule is C=C(/C=C\C)CSc1cc(C)cc(C(F)F)c1. The standard InChI is InChI=1S/C14H16F2S/c1-4-5-10(2)9-17-13-7-11(3)6-12(8-13)14(15)16/h4-8,14H,2,9H2,1,3H3/b5-4-. The van der Waals surface area contributed by atoms with Crippen molar-refractivity contribution in [3.63, 3.8) is 0 Å². The average Bonchev–Trinajstić information content (AvgIpc) is 2.26. The summed E-state index contributed by atoms with van der Waals surface area (Å²) in [6.07, 6.45) is 1.44. The second kappa shape index (κ2) is 6.60. The highest BCUT2D eigenvalue weighted by Gasteiger charge is 2.08. The van der Waals surface area contributed by atoms with Crippen molar-refractivity contribution in [3.8, 4) is 0 Å². The largest absolute Gasteiger partial charge is 0.263 e. The zero-order valence-electron chi connectivity index (χ0n) is 10.0. The van der Waals surface area contributed by atoms with E-state index in [2.05, 4.69) is 6.58 Å². The highest BCUT2D eigenvalue weighted by molar-refractivity contribution is 7.99. The fraction of sp³-hybridized carbons (Fsp3) is 0.286. The molecule has 0 saturated carbocycles. The molecule has 0 aliphatic heterocycles. The van der Waals surface area contributed by atoms with Crippen molar-refractivity contribution in [2.45, 2.75) is 25.2 Å². The van der Waals surface area contributed by atoms with Gasteiger partial charge in [0, 0.05) is 16.2 Å². The minimum absolute atomic E-state index is 0.0872. The summed E-state index contributed by atoms with van der Waals surface area (Å²) in [6, 6.07) is 4.99. The Balaban J connectivity index is 2.74. The number of hydrogen-bond acceptors (Lipinski definition) is 1. The van der Waals surface area contributed by atoms with E-state index in [0.717, 1.165) is 21.8 Å². The molecule has 0 aliphatic rings. The van der Waals surface area contributed by atoms with Crippen molar-refractivity contribution in [1.82, 2.24) is 0 Å². The van der Waals surface area contributed by atoms with E-state index in [-0.39, 0.29) is 5.56 Å². The minimum Gasteiger partial charge on any atom is -0.205 e. The van der Waals surface area contributed by atoms with E-state index in [1.165, 1.54) is 17.8 Å². The number of rotatable bonds is 5. The van der Waals surface area contributed by atoms with Gasteiger partial charge in [-0.25, -0.2) is 8.78 Å². The molecule has 0 spiro atoms. The number of allylic oxidation sites excluding steroid dienone is 2. The van der Waals surface area contributed by atoms with Gasteiger partial charge in [-0.2, -0.15) is 0 Å². The predicted octanol–water partition coefficient (Wildman–Crippen LogP) is 5.16. The van der Waals surface area contributed by atoms with Crippen LogP contribution >= 0.6 is 11.8 Å². The van der Waals surface area contributed by atoms with Crippen molar-refractivity contribution in [2.24, 2.45) is 0 Å². The van der Waals surface area contributed by atoms with Crippen LogP contribution in [0.5, 0.6) is 0 Å². The molecule has 0 amide bonds. The molecule has 0 unspecified atom stereocenters. The molecule has 0 bridgehead atoms. The number of thioether (sulfide) groups is 1. The normalized spacial score (nSPS) is 11.4. The van der Waals surface area contributed by atoms with E-state index in [1.807, 2.05) is 32.1 Å². The molecular formula is C14H16F2S. The van der Waals surface area contributed by atoms with Crippen LogP contribution in [-0.4, -0.2) is 5.75 Å². The molecule has 92 valence electrons. The van der Waals surface area contributed by atoms with Gasteiger partial charge >= 0.3 is 0 Å². The molecule has 3 heteroatoms. The van der Waals surface area contributed by atoms with Gasteiger partial charge < -0.3 is 0 Å². The number of aryl methyl sites for hydroxylation is 1. The second-order valence-electron chi connectivity index (χ2n) is 3.83. The van der Waals surface area contributed by atoms with Crippen molar-refractivity contribution in [1.29, 1.82) is 0 Å². The zero-order valence-corrected chi connectivity index (χ0v) is 10.9. The fourth-order valence-electron chi connectivity index (χ4n) is 1.45. The van der Waals surface area contributed by atoms with Crippen LogP contribution in [0.3, 0.4) is 0 Å². The number of halogens is 2. The second-order valence-corrected chi connectivity index (χ2v) is 4.88. The number of alkyl halides is 2. The highest BCUT2D eigenvalue weighted by atomic mass is 32.2. The topological polar surface area (TPSA) is 0 Å². The van der Waals surface area contributed by atoms with Gasteiger partial charge in [-0.3, -0.25) is 0 Å². The Morgan fingerprint density at radius 2 is 2.12 bits per heavy atom. The van der Waals surface area contributed by atoms with Crippen LogP contribution in [0.25, 0.3) is 0 Å². The molecule has 17 heavy (non-hydrogen) atoms. The molecule has 0 heterocycles. The summed E-state index contributed by atoms with van der Waals surface area (Å²) in [5.41, 5.74) is 1.93. The van der Waals surface area contributed by atoms with E-state index < -0.39 is 6.43 Å². The van der Waals surface area contributed by atoms with Crippen LogP contribution in [0, 0.1) is 6.92 Å². The average molecular weight is 254 g/mol. The van der Waals surface area contributed by atoms with Crippen LogP contribution < -0.4 is 0 Å². The summed E-state index contributed by atoms with van der Waals surface area (Å²) in [5.74, 6) is 0.719. The van der Waals surface area contributed by atoms with Gasteiger partial charge in [-0.1, -0.05) is 24.8 Å². The van der Waals surface area contributed by atoms with Gasteiger partial charge in [-0.15, -0.1) is 11.8 Å². The molecular weight excluding hydrogens is 238 g/mol. The summed E-state index contributed by atoms with van der Waals surface area (Å²) in [6.45, 7) is 7.64. The molecule has 1 aromatic carbocycles. The number of hydrogen-bond donors (Lipinski definition) is 0. The minimum atomic E-state index is -2.41. The van der Waals surface area contributed by atoms with Crippen molar-refractivity contribution in [2.75, 3.05) is 5.75 Å². The third kappa shape index (κ3) is 4.73. The first-order valence-corrected chi connectivity index (χ1v) is 6.34. The van der Waals surface area contributed by atoms with E-state index in [1.54, 1.807) is 6.07 Å². The predicted molar refractivity (Wildman–Crippen MR) is 70.8 cm³/mol. The fourth-order valence-corrected chi connectivity index (χ4v) is 2.38. The summed E-state index contributed by atoms with van der Waals surface area (Å²) >= 11 is 1.53. The van der Waals surface area contributed by atoms with Crippen molar-refractivity contribution < 1.29 is 8.78 Å². The summed E-state index contributed by atoms with van der Waals surface area (Å²) in [7, 11) is 0. The maximum atomic E-state index is 12.6. The first kappa shape index (κ1) is 14.0. The molecule has 0 atom stereocenters. The summed E-state index contributed by atoms with van der Waals surface area (Å²) in [4.78, 5) is 0.867. The van der Waals surface area contributed by atoms with E-state index in [4.69, 9.17) is 0 Å². The van der Waals surface area contributed by atoms with Crippen LogP contribution in [0.15, 0.2) is 47.4 Å². The lowest BCUT2D eigenvalue weighted by atomic mass is 10.1. The Hall–Kier alpha value is -1.09. The first-order chi connectivity index (χ1) is 8.02. The van der Waals surface area contributed by atoms with Gasteiger partial charge in [-0.05, 0) is 37.1 Å². The summed E-state index contributed by atoms with van der Waals surface area (Å²) < 4.78 is 25.2. The maximum Gasteiger partial charge on any atom is 0.263 e. The van der Waals surface area contributed by atoms with Crippen LogP contribution in [0.1, 0.15) is 24.5 Å². The molecule has 0 aromatic heterocycles. The van der Waals surface area contributed by atoms with E-state index in [9.17, 15) is 8.78 Å². The molecule has 0 saturated heterocycles. The quantitative estimate of drug-likeness (QED) is 0.517. The molecule has 0 fully saturated rings. The van der Waals surface area contributed by atoms with Gasteiger partial charge in [0.05, 0.1) is 0 Å². The molecule has 1 aromatic rings. The van der Waals surface area contributed by atoms with Gasteiger partial charge in [0.1, 0.15) is 0 Å². The number of benzene rings is 1. The molecule has 0 N–H and O–H groups in total. The van der Waals surface area contributed by atoms with Gasteiger partial charge in [0.25, 0.3) is 6.43 Å². The third-order valence-electron chi connectivity index (χ3n) is 2.15. The first-order valence-electron chi connectivity index (χ1n) is 5.36. The Morgan fingerprint density at radius 3 is 2.71 bits per heavy atom. The van der Waals surface area contributed by atoms with E-state index in [0.29, 0.717) is 0 Å². The monoisotopic (exact) mass is 254 g/mol. The van der Waals surface area contributed by atoms with Crippen molar-refractivity contribution in [3.05, 3.63) is 53.6 Å². The lowest BCUT2D eigenvalue weighted by molar-refractivity contribution is 0.151. The third-order valence-corrected chi connectivity index (χ3v) is 3.24. The van der Waals surface area contributed by atoms with Crippen LogP contribution in [-0.2, 0) is 0 Å². The maximum absolute atomic E-state index is 12.6. The van der Waals surface area contributed by atoms with Crippen LogP contribution in [0.4, 0.5) is 8.78 Å². The lowest BCUT2D eigenvalue weighted by Gasteiger charge is -2.07. The highest BCUT2D eigenvalue weighted by Crippen LogP contribution is 2.27. The zero-order chi connectivity index (χ0) is 12.8. The van der Waals surface area contributed by atoms with E-state index >= 15 is 0 Å². The Kier molecular flexibility index (Phi) is 5.42. The molecule has 0 radical (unpaired) electrons. The molecule has 1 rings (SSSR count). The Labute approximate surface area is 105 Å². The van der Waals surface area contributed by atoms with Gasteiger partial charge in [0.2, 0.25) is 0 Å².